The van der Waals surface area contributed by atoms with Gasteiger partial charge in [-0.15, -0.1) is 0 Å². The van der Waals surface area contributed by atoms with Gasteiger partial charge in [0.15, 0.2) is 0 Å². The molecule has 0 spiro atoms. The van der Waals surface area contributed by atoms with E-state index >= 15 is 0 Å². The number of hydrogen-bond donors (Lipinski definition) is 4. The molecule has 4 aliphatic rings. The lowest BCUT2D eigenvalue weighted by Crippen LogP contribution is -2.50. The average Bonchev–Trinajstić information content (AvgIpc) is 3.34. The second-order valence-corrected chi connectivity index (χ2v) is 8.16. The topological polar surface area (TPSA) is 83.7 Å². The van der Waals surface area contributed by atoms with Crippen LogP contribution in [0.25, 0.3) is 0 Å². The van der Waals surface area contributed by atoms with Gasteiger partial charge in [0.1, 0.15) is 18.5 Å². The number of carbonyl (C=O) groups is 1. The minimum atomic E-state index is -0.194. The molecule has 2 saturated carbocycles. The van der Waals surface area contributed by atoms with Crippen LogP contribution < -0.4 is 21.4 Å². The van der Waals surface area contributed by atoms with Gasteiger partial charge in [-0.3, -0.25) is 20.3 Å². The molecule has 7 nitrogen and oxygen atoms in total. The first-order valence-corrected chi connectivity index (χ1v) is 9.99. The summed E-state index contributed by atoms with van der Waals surface area (Å²) in [5.74, 6) is 2.08. The number of hydrogen-bond acceptors (Lipinski definition) is 6. The third kappa shape index (κ3) is 3.71. The predicted molar refractivity (Wildman–Crippen MR) is 93.0 cm³/mol. The minimum Gasteiger partial charge on any atom is -0.361 e. The van der Waals surface area contributed by atoms with Crippen LogP contribution in [0.4, 0.5) is 0 Å². The van der Waals surface area contributed by atoms with Crippen molar-refractivity contribution in [3.63, 3.8) is 0 Å². The molecule has 4 fully saturated rings. The third-order valence-corrected chi connectivity index (χ3v) is 6.58. The lowest BCUT2D eigenvalue weighted by atomic mass is 9.74. The van der Waals surface area contributed by atoms with Gasteiger partial charge in [0, 0.05) is 6.04 Å². The predicted octanol–water partition coefficient (Wildman–Crippen LogP) is 0.819. The van der Waals surface area contributed by atoms with Gasteiger partial charge in [0.25, 0.3) is 0 Å². The van der Waals surface area contributed by atoms with E-state index in [0.717, 1.165) is 18.8 Å². The highest BCUT2D eigenvalue weighted by atomic mass is 16.7. The average molecular weight is 352 g/mol. The van der Waals surface area contributed by atoms with E-state index in [1.165, 1.54) is 25.7 Å². The van der Waals surface area contributed by atoms with Gasteiger partial charge in [-0.1, -0.05) is 6.92 Å². The van der Waals surface area contributed by atoms with E-state index in [4.69, 9.17) is 9.57 Å². The fraction of sp³-hybridized carbons (Fsp3) is 0.944. The largest absolute Gasteiger partial charge is 0.361 e. The van der Waals surface area contributed by atoms with Gasteiger partial charge in [-0.25, -0.2) is 0 Å². The van der Waals surface area contributed by atoms with Gasteiger partial charge in [-0.2, -0.15) is 5.48 Å². The molecule has 7 heteroatoms. The molecule has 25 heavy (non-hydrogen) atoms. The van der Waals surface area contributed by atoms with E-state index in [1.807, 2.05) is 6.92 Å². The number of fused-ring (bicyclic) bond motifs is 1. The Bertz CT molecular complexity index is 491. The van der Waals surface area contributed by atoms with Crippen LogP contribution in [0.1, 0.15) is 52.4 Å². The van der Waals surface area contributed by atoms with Crippen LogP contribution in [0.5, 0.6) is 0 Å². The van der Waals surface area contributed by atoms with Gasteiger partial charge < -0.3 is 10.1 Å². The Morgan fingerprint density at radius 1 is 1.16 bits per heavy atom. The molecule has 0 radical (unpaired) electrons. The van der Waals surface area contributed by atoms with Crippen molar-refractivity contribution < 1.29 is 14.4 Å². The van der Waals surface area contributed by atoms with Crippen LogP contribution in [0, 0.1) is 17.8 Å². The van der Waals surface area contributed by atoms with Crippen molar-refractivity contribution in [2.24, 2.45) is 17.8 Å². The summed E-state index contributed by atoms with van der Waals surface area (Å²) in [7, 11) is 0. The standard InChI is InChI=1S/C18H32N4O3/c1-3-16-21-17(22-25-16)12-4-6-13-11(8-12)5-7-14(13)20-18(23)15-9-24-10(2)19-15/h10-17,19,21-22H,3-9H2,1-2H3,(H,20,23)/t10?,11?,12?,13?,14-,15?,16?,17?/m1/s1. The summed E-state index contributed by atoms with van der Waals surface area (Å²) in [6, 6.07) is 0.140. The second-order valence-electron chi connectivity index (χ2n) is 8.16. The van der Waals surface area contributed by atoms with Crippen molar-refractivity contribution >= 4 is 5.91 Å². The van der Waals surface area contributed by atoms with Gasteiger partial charge in [0.2, 0.25) is 5.91 Å². The molecule has 0 aromatic rings. The number of carbonyl (C=O) groups excluding carboxylic acids is 1. The molecule has 4 N–H and O–H groups in total. The Balaban J connectivity index is 1.28. The van der Waals surface area contributed by atoms with Crippen LogP contribution in [0.3, 0.4) is 0 Å². The van der Waals surface area contributed by atoms with Gasteiger partial charge >= 0.3 is 0 Å². The molecule has 0 bridgehead atoms. The summed E-state index contributed by atoms with van der Waals surface area (Å²) < 4.78 is 5.45. The van der Waals surface area contributed by atoms with Gasteiger partial charge in [-0.05, 0) is 63.2 Å². The fourth-order valence-corrected chi connectivity index (χ4v) is 5.19. The fourth-order valence-electron chi connectivity index (χ4n) is 5.19. The monoisotopic (exact) mass is 352 g/mol. The third-order valence-electron chi connectivity index (χ3n) is 6.58. The zero-order valence-corrected chi connectivity index (χ0v) is 15.3. The highest BCUT2D eigenvalue weighted by molar-refractivity contribution is 5.82. The second kappa shape index (κ2) is 7.48. The normalized spacial score (nSPS) is 47.0. The molecule has 2 aliphatic heterocycles. The van der Waals surface area contributed by atoms with E-state index in [0.29, 0.717) is 24.5 Å². The summed E-state index contributed by atoms with van der Waals surface area (Å²) in [5.41, 5.74) is 3.19. The Kier molecular flexibility index (Phi) is 5.29. The molecule has 142 valence electrons. The van der Waals surface area contributed by atoms with Crippen molar-refractivity contribution in [3.05, 3.63) is 0 Å². The van der Waals surface area contributed by atoms with Crippen LogP contribution in [-0.4, -0.2) is 43.2 Å². The molecule has 0 aromatic carbocycles. The molecule has 4 rings (SSSR count). The molecule has 0 aromatic heterocycles. The number of hydroxylamine groups is 1. The first-order chi connectivity index (χ1) is 12.1. The maximum Gasteiger partial charge on any atom is 0.239 e. The van der Waals surface area contributed by atoms with E-state index in [9.17, 15) is 4.79 Å². The first-order valence-electron chi connectivity index (χ1n) is 9.99. The van der Waals surface area contributed by atoms with Crippen molar-refractivity contribution in [2.75, 3.05) is 6.61 Å². The minimum absolute atomic E-state index is 0.0249. The molecular weight excluding hydrogens is 320 g/mol. The molecule has 2 saturated heterocycles. The summed E-state index contributed by atoms with van der Waals surface area (Å²) in [6.45, 7) is 4.55. The highest BCUT2D eigenvalue weighted by Crippen LogP contribution is 2.45. The van der Waals surface area contributed by atoms with E-state index in [1.54, 1.807) is 0 Å². The molecule has 8 atom stereocenters. The summed E-state index contributed by atoms with van der Waals surface area (Å²) in [4.78, 5) is 18.1. The van der Waals surface area contributed by atoms with Crippen molar-refractivity contribution in [1.29, 1.82) is 0 Å². The zero-order valence-electron chi connectivity index (χ0n) is 15.3. The molecule has 2 aliphatic carbocycles. The lowest BCUT2D eigenvalue weighted by molar-refractivity contribution is -0.123. The number of ether oxygens (including phenoxy) is 1. The Hall–Kier alpha value is -0.730. The molecular formula is C18H32N4O3. The number of nitrogens with one attached hydrogen (secondary N) is 4. The first kappa shape index (κ1) is 17.7. The quantitative estimate of drug-likeness (QED) is 0.600. The Labute approximate surface area is 149 Å². The van der Waals surface area contributed by atoms with Crippen LogP contribution in [0.15, 0.2) is 0 Å². The number of rotatable bonds is 4. The summed E-state index contributed by atoms with van der Waals surface area (Å²) in [5, 5.41) is 10.0. The Morgan fingerprint density at radius 3 is 2.72 bits per heavy atom. The van der Waals surface area contributed by atoms with Crippen LogP contribution >= 0.6 is 0 Å². The lowest BCUT2D eigenvalue weighted by Gasteiger charge is -2.36. The molecule has 7 unspecified atom stereocenters. The van der Waals surface area contributed by atoms with Crippen LogP contribution in [0.2, 0.25) is 0 Å². The number of amides is 1. The van der Waals surface area contributed by atoms with Crippen molar-refractivity contribution in [3.8, 4) is 0 Å². The van der Waals surface area contributed by atoms with Gasteiger partial charge in [0.05, 0.1) is 12.8 Å². The maximum absolute atomic E-state index is 12.5. The molecule has 2 heterocycles. The zero-order chi connectivity index (χ0) is 17.4. The van der Waals surface area contributed by atoms with Crippen molar-refractivity contribution in [1.82, 2.24) is 21.4 Å². The highest BCUT2D eigenvalue weighted by Gasteiger charge is 2.44. The Morgan fingerprint density at radius 2 is 2.00 bits per heavy atom. The SMILES string of the molecule is CCC1NC(C2CCC3C(CC[C@H]3NC(=O)C3COC(C)N3)C2)NO1. The summed E-state index contributed by atoms with van der Waals surface area (Å²) in [6.07, 6.45) is 7.32. The summed E-state index contributed by atoms with van der Waals surface area (Å²) >= 11 is 0. The smallest absolute Gasteiger partial charge is 0.239 e. The van der Waals surface area contributed by atoms with Crippen LogP contribution in [-0.2, 0) is 14.4 Å². The molecule has 1 amide bonds. The van der Waals surface area contributed by atoms with E-state index in [2.05, 4.69) is 28.4 Å². The van der Waals surface area contributed by atoms with Crippen molar-refractivity contribution in [2.45, 2.75) is 83.1 Å². The van der Waals surface area contributed by atoms with E-state index < -0.39 is 0 Å². The van der Waals surface area contributed by atoms with E-state index in [-0.39, 0.29) is 30.6 Å². The maximum atomic E-state index is 12.5.